The molecule has 1 aromatic heterocycles. The van der Waals surface area contributed by atoms with Crippen LogP contribution in [0.1, 0.15) is 12.5 Å². The zero-order valence-corrected chi connectivity index (χ0v) is 9.55. The Morgan fingerprint density at radius 2 is 2.38 bits per heavy atom. The van der Waals surface area contributed by atoms with E-state index in [1.54, 1.807) is 28.0 Å². The van der Waals surface area contributed by atoms with Gasteiger partial charge in [-0.15, -0.1) is 11.6 Å². The highest BCUT2D eigenvalue weighted by Crippen LogP contribution is 2.21. The monoisotopic (exact) mass is 243 g/mol. The van der Waals surface area contributed by atoms with Crippen LogP contribution in [0.5, 0.6) is 0 Å². The van der Waals surface area contributed by atoms with Gasteiger partial charge in [0.2, 0.25) is 5.91 Å². The van der Waals surface area contributed by atoms with Crippen LogP contribution in [0.4, 0.5) is 0 Å². The second kappa shape index (κ2) is 4.84. The van der Waals surface area contributed by atoms with Crippen molar-refractivity contribution in [1.29, 1.82) is 0 Å². The summed E-state index contributed by atoms with van der Waals surface area (Å²) in [6.07, 6.45) is 3.22. The lowest BCUT2D eigenvalue weighted by molar-refractivity contribution is -0.130. The number of halogens is 1. The molecule has 2 atom stereocenters. The van der Waals surface area contributed by atoms with E-state index >= 15 is 0 Å². The third-order valence-corrected chi connectivity index (χ3v) is 2.97. The number of amides is 1. The minimum Gasteiger partial charge on any atom is -0.389 e. The largest absolute Gasteiger partial charge is 0.389 e. The Bertz CT molecular complexity index is 355. The summed E-state index contributed by atoms with van der Waals surface area (Å²) in [7, 11) is 0. The molecule has 2 rings (SSSR count). The molecular formula is C10H14ClN3O2. The van der Waals surface area contributed by atoms with Crippen molar-refractivity contribution in [2.45, 2.75) is 18.6 Å². The molecule has 0 bridgehead atoms. The molecular weight excluding hydrogens is 230 g/mol. The first-order chi connectivity index (χ1) is 7.72. The van der Waals surface area contributed by atoms with Crippen molar-refractivity contribution in [3.8, 4) is 0 Å². The molecule has 1 aliphatic rings. The van der Waals surface area contributed by atoms with Crippen LogP contribution < -0.4 is 0 Å². The Kier molecular flexibility index (Phi) is 3.46. The lowest BCUT2D eigenvalue weighted by Gasteiger charge is -2.15. The molecule has 0 radical (unpaired) electrons. The number of likely N-dealkylation sites (tertiary alicyclic amines) is 1. The summed E-state index contributed by atoms with van der Waals surface area (Å²) in [6, 6.07) is 1.66. The highest BCUT2D eigenvalue weighted by molar-refractivity contribution is 6.18. The van der Waals surface area contributed by atoms with Gasteiger partial charge in [0.15, 0.2) is 0 Å². The molecule has 6 heteroatoms. The predicted octanol–water partition coefficient (Wildman–Crippen LogP) is 0.256. The number of β-amino-alcohol motifs (C(OH)–C–C–N with tert-alkyl or cyclic N) is 1. The number of aliphatic hydroxyl groups is 1. The number of rotatable bonds is 3. The van der Waals surface area contributed by atoms with E-state index in [0.29, 0.717) is 25.4 Å². The second-order valence-electron chi connectivity index (χ2n) is 3.86. The first-order valence-corrected chi connectivity index (χ1v) is 5.76. The highest BCUT2D eigenvalue weighted by atomic mass is 35.5. The van der Waals surface area contributed by atoms with Crippen LogP contribution >= 0.6 is 11.6 Å². The molecule has 5 nitrogen and oxygen atoms in total. The number of hydrogen-bond donors (Lipinski definition) is 1. The van der Waals surface area contributed by atoms with Gasteiger partial charge in [0.05, 0.1) is 12.1 Å². The third-order valence-electron chi connectivity index (χ3n) is 2.78. The molecule has 1 saturated heterocycles. The fraction of sp³-hybridized carbons (Fsp3) is 0.600. The van der Waals surface area contributed by atoms with Gasteiger partial charge in [0.25, 0.3) is 0 Å². The van der Waals surface area contributed by atoms with Gasteiger partial charge in [0.1, 0.15) is 0 Å². The number of alkyl halides is 1. The average Bonchev–Trinajstić information content (AvgIpc) is 2.86. The van der Waals surface area contributed by atoms with Crippen LogP contribution in [-0.2, 0) is 4.79 Å². The molecule has 0 aromatic carbocycles. The van der Waals surface area contributed by atoms with Crippen molar-refractivity contribution in [2.75, 3.05) is 19.0 Å². The zero-order valence-electron chi connectivity index (χ0n) is 8.79. The number of carbonyl (C=O) groups excluding carboxylic acids is 1. The van der Waals surface area contributed by atoms with E-state index in [1.807, 2.05) is 0 Å². The number of hydrogen-bond acceptors (Lipinski definition) is 3. The van der Waals surface area contributed by atoms with Crippen molar-refractivity contribution < 1.29 is 9.90 Å². The predicted molar refractivity (Wildman–Crippen MR) is 59.2 cm³/mol. The summed E-state index contributed by atoms with van der Waals surface area (Å²) in [5, 5.41) is 13.9. The fourth-order valence-corrected chi connectivity index (χ4v) is 2.11. The maximum Gasteiger partial charge on any atom is 0.223 e. The number of nitrogens with zero attached hydrogens (tertiary/aromatic N) is 3. The van der Waals surface area contributed by atoms with E-state index in [2.05, 4.69) is 5.10 Å². The van der Waals surface area contributed by atoms with Crippen LogP contribution in [0.2, 0.25) is 0 Å². The first-order valence-electron chi connectivity index (χ1n) is 5.23. The van der Waals surface area contributed by atoms with Gasteiger partial charge in [-0.1, -0.05) is 0 Å². The van der Waals surface area contributed by atoms with Gasteiger partial charge in [-0.2, -0.15) is 5.10 Å². The van der Waals surface area contributed by atoms with Gasteiger partial charge < -0.3 is 10.0 Å². The van der Waals surface area contributed by atoms with Crippen LogP contribution in [0.3, 0.4) is 0 Å². The van der Waals surface area contributed by atoms with Crippen LogP contribution in [0, 0.1) is 0 Å². The maximum atomic E-state index is 11.6. The molecule has 1 fully saturated rings. The number of aliphatic hydroxyl groups excluding tert-OH is 1. The van der Waals surface area contributed by atoms with E-state index in [1.165, 1.54) is 0 Å². The fourth-order valence-electron chi connectivity index (χ4n) is 1.95. The van der Waals surface area contributed by atoms with Crippen molar-refractivity contribution in [1.82, 2.24) is 14.7 Å². The van der Waals surface area contributed by atoms with Crippen LogP contribution in [-0.4, -0.2) is 50.8 Å². The maximum absolute atomic E-state index is 11.6. The second-order valence-corrected chi connectivity index (χ2v) is 4.24. The molecule has 1 aliphatic heterocycles. The lowest BCUT2D eigenvalue weighted by Crippen LogP contribution is -2.29. The zero-order chi connectivity index (χ0) is 11.5. The molecule has 1 amide bonds. The minimum atomic E-state index is -0.556. The van der Waals surface area contributed by atoms with Gasteiger partial charge in [-0.05, 0) is 6.07 Å². The average molecular weight is 244 g/mol. The molecule has 0 unspecified atom stereocenters. The Hall–Kier alpha value is -1.07. The summed E-state index contributed by atoms with van der Waals surface area (Å²) in [5.74, 6) is 0.307. The Balaban J connectivity index is 2.02. The van der Waals surface area contributed by atoms with E-state index in [9.17, 15) is 9.90 Å². The van der Waals surface area contributed by atoms with Gasteiger partial charge in [-0.25, -0.2) is 0 Å². The quantitative estimate of drug-likeness (QED) is 0.775. The molecule has 2 heterocycles. The van der Waals surface area contributed by atoms with Crippen LogP contribution in [0.15, 0.2) is 18.5 Å². The summed E-state index contributed by atoms with van der Waals surface area (Å²) in [6.45, 7) is 0.860. The molecule has 0 spiro atoms. The number of aromatic nitrogens is 2. The lowest BCUT2D eigenvalue weighted by atomic mass is 10.2. The number of carbonyl (C=O) groups is 1. The van der Waals surface area contributed by atoms with E-state index in [-0.39, 0.29) is 11.9 Å². The SMILES string of the molecule is O=C(CCCl)N1C[C@@H](O)[C@H](n2cccn2)C1. The molecule has 88 valence electrons. The molecule has 1 N–H and O–H groups in total. The summed E-state index contributed by atoms with van der Waals surface area (Å²) in [5.41, 5.74) is 0. The van der Waals surface area contributed by atoms with Gasteiger partial charge in [-0.3, -0.25) is 9.48 Å². The van der Waals surface area contributed by atoms with Gasteiger partial charge in [0, 0.05) is 37.8 Å². The Morgan fingerprint density at radius 1 is 1.56 bits per heavy atom. The normalized spacial score (nSPS) is 25.0. The van der Waals surface area contributed by atoms with Crippen molar-refractivity contribution in [3.05, 3.63) is 18.5 Å². The van der Waals surface area contributed by atoms with Crippen molar-refractivity contribution >= 4 is 17.5 Å². The topological polar surface area (TPSA) is 58.4 Å². The third kappa shape index (κ3) is 2.20. The van der Waals surface area contributed by atoms with Crippen molar-refractivity contribution in [3.63, 3.8) is 0 Å². The van der Waals surface area contributed by atoms with E-state index in [4.69, 9.17) is 11.6 Å². The van der Waals surface area contributed by atoms with Crippen molar-refractivity contribution in [2.24, 2.45) is 0 Å². The van der Waals surface area contributed by atoms with Crippen LogP contribution in [0.25, 0.3) is 0 Å². The minimum absolute atomic E-state index is 0.0105. The first kappa shape index (κ1) is 11.4. The smallest absolute Gasteiger partial charge is 0.223 e. The Labute approximate surface area is 98.6 Å². The molecule has 1 aromatic rings. The summed E-state index contributed by atoms with van der Waals surface area (Å²) >= 11 is 5.52. The molecule has 0 saturated carbocycles. The highest BCUT2D eigenvalue weighted by Gasteiger charge is 2.34. The standard InChI is InChI=1S/C10H14ClN3O2/c11-3-2-10(16)13-6-8(9(15)7-13)14-5-1-4-12-14/h1,4-5,8-9,15H,2-3,6-7H2/t8-,9-/m1/s1. The molecule has 16 heavy (non-hydrogen) atoms. The summed E-state index contributed by atoms with van der Waals surface area (Å²) < 4.78 is 1.69. The van der Waals surface area contributed by atoms with E-state index in [0.717, 1.165) is 0 Å². The molecule has 0 aliphatic carbocycles. The Morgan fingerprint density at radius 3 is 3.00 bits per heavy atom. The van der Waals surface area contributed by atoms with E-state index < -0.39 is 6.10 Å². The summed E-state index contributed by atoms with van der Waals surface area (Å²) in [4.78, 5) is 13.2. The van der Waals surface area contributed by atoms with Gasteiger partial charge >= 0.3 is 0 Å².